The fourth-order valence-corrected chi connectivity index (χ4v) is 3.57. The van der Waals surface area contributed by atoms with Crippen LogP contribution in [0.5, 0.6) is 0 Å². The van der Waals surface area contributed by atoms with Crippen LogP contribution in [0.3, 0.4) is 0 Å². The molecule has 3 rings (SSSR count). The van der Waals surface area contributed by atoms with E-state index in [1.807, 2.05) is 12.1 Å². The molecule has 0 aromatic heterocycles. The Morgan fingerprint density at radius 2 is 1.67 bits per heavy atom. The third-order valence-corrected chi connectivity index (χ3v) is 5.14. The van der Waals surface area contributed by atoms with E-state index in [0.717, 1.165) is 5.56 Å². The second-order valence-electron chi connectivity index (χ2n) is 6.14. The maximum absolute atomic E-state index is 10.2. The van der Waals surface area contributed by atoms with E-state index in [-0.39, 0.29) is 5.41 Å². The standard InChI is InChI=1S/C18H19BrO2/c1-18(2)14-6-4-3-5-12(14)13-8-7-11(9-15(13)18)17(21)16(20)10-19/h3-9,16-17,20-21H,10H2,1-2H3. The largest absolute Gasteiger partial charge is 0.389 e. The fraction of sp³-hybridized carbons (Fsp3) is 0.333. The number of rotatable bonds is 3. The van der Waals surface area contributed by atoms with Gasteiger partial charge in [-0.3, -0.25) is 0 Å². The number of aliphatic hydroxyl groups excluding tert-OH is 2. The number of fused-ring (bicyclic) bond motifs is 3. The molecule has 0 bridgehead atoms. The van der Waals surface area contributed by atoms with Crippen LogP contribution in [0.25, 0.3) is 11.1 Å². The van der Waals surface area contributed by atoms with Gasteiger partial charge in [-0.05, 0) is 27.8 Å². The van der Waals surface area contributed by atoms with Crippen LogP contribution in [0.2, 0.25) is 0 Å². The molecular weight excluding hydrogens is 328 g/mol. The minimum Gasteiger partial charge on any atom is -0.389 e. The van der Waals surface area contributed by atoms with Crippen LogP contribution in [0.15, 0.2) is 42.5 Å². The van der Waals surface area contributed by atoms with Crippen molar-refractivity contribution in [2.75, 3.05) is 5.33 Å². The van der Waals surface area contributed by atoms with Crippen molar-refractivity contribution >= 4 is 15.9 Å². The van der Waals surface area contributed by atoms with Crippen molar-refractivity contribution in [2.45, 2.75) is 31.5 Å². The summed E-state index contributed by atoms with van der Waals surface area (Å²) < 4.78 is 0. The van der Waals surface area contributed by atoms with E-state index in [0.29, 0.717) is 5.33 Å². The highest BCUT2D eigenvalue weighted by molar-refractivity contribution is 9.09. The Morgan fingerprint density at radius 1 is 1.00 bits per heavy atom. The Morgan fingerprint density at radius 3 is 2.38 bits per heavy atom. The highest BCUT2D eigenvalue weighted by Crippen LogP contribution is 2.49. The van der Waals surface area contributed by atoms with Crippen molar-refractivity contribution in [1.29, 1.82) is 0 Å². The first-order chi connectivity index (χ1) is 9.96. The molecule has 0 saturated carbocycles. The molecule has 110 valence electrons. The first kappa shape index (κ1) is 14.8. The molecule has 2 aromatic carbocycles. The third-order valence-electron chi connectivity index (χ3n) is 4.47. The van der Waals surface area contributed by atoms with Gasteiger partial charge in [-0.25, -0.2) is 0 Å². The van der Waals surface area contributed by atoms with Crippen molar-refractivity contribution < 1.29 is 10.2 Å². The lowest BCUT2D eigenvalue weighted by Gasteiger charge is -2.23. The van der Waals surface area contributed by atoms with Crippen LogP contribution in [0.4, 0.5) is 0 Å². The van der Waals surface area contributed by atoms with Crippen LogP contribution in [-0.4, -0.2) is 21.6 Å². The lowest BCUT2D eigenvalue weighted by molar-refractivity contribution is 0.0342. The predicted octanol–water partition coefficient (Wildman–Crippen LogP) is 3.78. The van der Waals surface area contributed by atoms with Crippen molar-refractivity contribution in [2.24, 2.45) is 0 Å². The van der Waals surface area contributed by atoms with E-state index in [1.165, 1.54) is 22.3 Å². The molecule has 0 amide bonds. The molecule has 2 N–H and O–H groups in total. The van der Waals surface area contributed by atoms with Crippen molar-refractivity contribution in [3.8, 4) is 11.1 Å². The van der Waals surface area contributed by atoms with E-state index in [2.05, 4.69) is 60.1 Å². The minimum atomic E-state index is -0.866. The zero-order valence-electron chi connectivity index (χ0n) is 12.2. The molecule has 2 unspecified atom stereocenters. The molecule has 0 spiro atoms. The number of halogens is 1. The quantitative estimate of drug-likeness (QED) is 0.830. The zero-order valence-corrected chi connectivity index (χ0v) is 13.8. The number of aliphatic hydroxyl groups is 2. The second kappa shape index (κ2) is 5.24. The van der Waals surface area contributed by atoms with Gasteiger partial charge in [-0.15, -0.1) is 0 Å². The molecule has 1 aliphatic rings. The lowest BCUT2D eigenvalue weighted by atomic mass is 9.81. The van der Waals surface area contributed by atoms with Crippen LogP contribution >= 0.6 is 15.9 Å². The summed E-state index contributed by atoms with van der Waals surface area (Å²) in [6.07, 6.45) is -1.66. The first-order valence-corrected chi connectivity index (χ1v) is 8.25. The smallest absolute Gasteiger partial charge is 0.106 e. The predicted molar refractivity (Wildman–Crippen MR) is 88.8 cm³/mol. The summed E-state index contributed by atoms with van der Waals surface area (Å²) in [5.74, 6) is 0. The van der Waals surface area contributed by atoms with Gasteiger partial charge >= 0.3 is 0 Å². The second-order valence-corrected chi connectivity index (χ2v) is 6.79. The van der Waals surface area contributed by atoms with Gasteiger partial charge in [-0.2, -0.15) is 0 Å². The summed E-state index contributed by atoms with van der Waals surface area (Å²) in [5, 5.41) is 20.4. The fourth-order valence-electron chi connectivity index (χ4n) is 3.21. The molecule has 2 aromatic rings. The molecule has 0 heterocycles. The normalized spacial score (nSPS) is 18.0. The van der Waals surface area contributed by atoms with Crippen molar-refractivity contribution in [3.05, 3.63) is 59.2 Å². The Labute approximate surface area is 133 Å². The summed E-state index contributed by atoms with van der Waals surface area (Å²) in [5.41, 5.74) is 5.69. The van der Waals surface area contributed by atoms with Gasteiger partial charge < -0.3 is 10.2 Å². The van der Waals surface area contributed by atoms with Gasteiger partial charge in [0.15, 0.2) is 0 Å². The molecule has 2 nitrogen and oxygen atoms in total. The highest BCUT2D eigenvalue weighted by Gasteiger charge is 2.35. The van der Waals surface area contributed by atoms with Gasteiger partial charge in [0, 0.05) is 10.7 Å². The average molecular weight is 347 g/mol. The minimum absolute atomic E-state index is 0.0823. The average Bonchev–Trinajstić information content (AvgIpc) is 2.74. The van der Waals surface area contributed by atoms with Crippen LogP contribution < -0.4 is 0 Å². The van der Waals surface area contributed by atoms with E-state index in [1.54, 1.807) is 0 Å². The molecule has 0 fully saturated rings. The lowest BCUT2D eigenvalue weighted by Crippen LogP contribution is -2.20. The van der Waals surface area contributed by atoms with Crippen molar-refractivity contribution in [1.82, 2.24) is 0 Å². The maximum atomic E-state index is 10.2. The molecular formula is C18H19BrO2. The Bertz CT molecular complexity index is 679. The van der Waals surface area contributed by atoms with Gasteiger partial charge in [0.05, 0.1) is 6.10 Å². The number of hydrogen-bond acceptors (Lipinski definition) is 2. The Kier molecular flexibility index (Phi) is 3.68. The summed E-state index contributed by atoms with van der Waals surface area (Å²) in [4.78, 5) is 0. The highest BCUT2D eigenvalue weighted by atomic mass is 79.9. The van der Waals surface area contributed by atoms with E-state index < -0.39 is 12.2 Å². The molecule has 0 saturated heterocycles. The number of hydrogen-bond donors (Lipinski definition) is 2. The van der Waals surface area contributed by atoms with Crippen LogP contribution in [-0.2, 0) is 5.41 Å². The summed E-state index contributed by atoms with van der Waals surface area (Å²) in [7, 11) is 0. The van der Waals surface area contributed by atoms with E-state index in [9.17, 15) is 10.2 Å². The molecule has 1 aliphatic carbocycles. The van der Waals surface area contributed by atoms with Crippen molar-refractivity contribution in [3.63, 3.8) is 0 Å². The molecule has 0 aliphatic heterocycles. The monoisotopic (exact) mass is 346 g/mol. The van der Waals surface area contributed by atoms with Gasteiger partial charge in [0.2, 0.25) is 0 Å². The van der Waals surface area contributed by atoms with E-state index >= 15 is 0 Å². The molecule has 2 atom stereocenters. The summed E-state index contributed by atoms with van der Waals surface area (Å²) in [6.45, 7) is 4.41. The summed E-state index contributed by atoms with van der Waals surface area (Å²) >= 11 is 3.21. The third kappa shape index (κ3) is 2.24. The van der Waals surface area contributed by atoms with Crippen LogP contribution in [0.1, 0.15) is 36.6 Å². The van der Waals surface area contributed by atoms with Gasteiger partial charge in [0.25, 0.3) is 0 Å². The Balaban J connectivity index is 2.12. The van der Waals surface area contributed by atoms with Gasteiger partial charge in [-0.1, -0.05) is 72.2 Å². The maximum Gasteiger partial charge on any atom is 0.106 e. The van der Waals surface area contributed by atoms with Crippen LogP contribution in [0, 0.1) is 0 Å². The number of benzene rings is 2. The van der Waals surface area contributed by atoms with Gasteiger partial charge in [0.1, 0.15) is 6.10 Å². The number of alkyl halides is 1. The molecule has 0 radical (unpaired) electrons. The molecule has 3 heteroatoms. The first-order valence-electron chi connectivity index (χ1n) is 7.13. The zero-order chi connectivity index (χ0) is 15.2. The van der Waals surface area contributed by atoms with E-state index in [4.69, 9.17) is 0 Å². The topological polar surface area (TPSA) is 40.5 Å². The Hall–Kier alpha value is -1.16. The SMILES string of the molecule is CC1(C)c2ccccc2-c2ccc(C(O)C(O)CBr)cc21. The molecule has 21 heavy (non-hydrogen) atoms. The summed E-state index contributed by atoms with van der Waals surface area (Å²) in [6, 6.07) is 14.4.